The van der Waals surface area contributed by atoms with Crippen LogP contribution in [0.15, 0.2) is 46.9 Å². The molecule has 0 atom stereocenters. The standard InChI is InChI=1S/C18H17BrClN3O/c1-2-9-23-16-8-5-13(19)11-15(16)21-18(23)22-17(24)10-12-3-6-14(20)7-4-12/h3-8,11H,2,9-10H2,1H3,(H,21,22,24). The van der Waals surface area contributed by atoms with E-state index in [1.807, 2.05) is 34.9 Å². The van der Waals surface area contributed by atoms with Crippen LogP contribution in [-0.2, 0) is 17.8 Å². The van der Waals surface area contributed by atoms with Gasteiger partial charge in [-0.3, -0.25) is 10.1 Å². The molecule has 0 fully saturated rings. The highest BCUT2D eigenvalue weighted by Crippen LogP contribution is 2.24. The van der Waals surface area contributed by atoms with Crippen molar-refractivity contribution in [1.82, 2.24) is 9.55 Å². The first-order chi connectivity index (χ1) is 11.6. The number of aryl methyl sites for hydroxylation is 1. The molecule has 2 aromatic carbocycles. The van der Waals surface area contributed by atoms with E-state index in [9.17, 15) is 4.79 Å². The van der Waals surface area contributed by atoms with E-state index in [-0.39, 0.29) is 12.3 Å². The summed E-state index contributed by atoms with van der Waals surface area (Å²) in [5, 5.41) is 3.59. The summed E-state index contributed by atoms with van der Waals surface area (Å²) in [6.07, 6.45) is 1.25. The summed E-state index contributed by atoms with van der Waals surface area (Å²) in [4.78, 5) is 16.9. The molecule has 0 spiro atoms. The molecule has 1 amide bonds. The lowest BCUT2D eigenvalue weighted by Crippen LogP contribution is -2.18. The summed E-state index contributed by atoms with van der Waals surface area (Å²) in [6.45, 7) is 2.90. The van der Waals surface area contributed by atoms with Gasteiger partial charge in [-0.2, -0.15) is 0 Å². The Hall–Kier alpha value is -1.85. The van der Waals surface area contributed by atoms with Gasteiger partial charge in [0.25, 0.3) is 0 Å². The Labute approximate surface area is 154 Å². The number of hydrogen-bond donors (Lipinski definition) is 1. The summed E-state index contributed by atoms with van der Waals surface area (Å²) < 4.78 is 3.01. The minimum absolute atomic E-state index is 0.0935. The molecule has 0 saturated heterocycles. The number of nitrogens with zero attached hydrogens (tertiary/aromatic N) is 2. The quantitative estimate of drug-likeness (QED) is 0.645. The topological polar surface area (TPSA) is 46.9 Å². The Kier molecular flexibility index (Phi) is 5.21. The van der Waals surface area contributed by atoms with E-state index in [4.69, 9.17) is 11.6 Å². The maximum atomic E-state index is 12.4. The molecule has 3 rings (SSSR count). The van der Waals surface area contributed by atoms with Crippen LogP contribution in [0.4, 0.5) is 5.95 Å². The molecule has 4 nitrogen and oxygen atoms in total. The number of imidazole rings is 1. The highest BCUT2D eigenvalue weighted by molar-refractivity contribution is 9.10. The van der Waals surface area contributed by atoms with E-state index in [1.165, 1.54) is 0 Å². The van der Waals surface area contributed by atoms with Gasteiger partial charge in [0, 0.05) is 16.0 Å². The first-order valence-electron chi connectivity index (χ1n) is 7.77. The number of benzene rings is 2. The fourth-order valence-corrected chi connectivity index (χ4v) is 3.08. The third-order valence-corrected chi connectivity index (χ3v) is 4.43. The number of nitrogens with one attached hydrogen (secondary N) is 1. The molecule has 0 saturated carbocycles. The molecule has 0 aliphatic carbocycles. The van der Waals surface area contributed by atoms with Crippen molar-refractivity contribution >= 4 is 50.4 Å². The van der Waals surface area contributed by atoms with E-state index in [1.54, 1.807) is 12.1 Å². The second kappa shape index (κ2) is 7.36. The number of fused-ring (bicyclic) bond motifs is 1. The molecule has 0 radical (unpaired) electrons. The Balaban J connectivity index is 1.84. The molecule has 1 N–H and O–H groups in total. The van der Waals surface area contributed by atoms with Gasteiger partial charge in [0.05, 0.1) is 17.5 Å². The smallest absolute Gasteiger partial charge is 0.231 e. The zero-order valence-electron chi connectivity index (χ0n) is 13.2. The van der Waals surface area contributed by atoms with Gasteiger partial charge in [0.15, 0.2) is 0 Å². The number of hydrogen-bond acceptors (Lipinski definition) is 2. The van der Waals surface area contributed by atoms with Crippen molar-refractivity contribution in [1.29, 1.82) is 0 Å². The van der Waals surface area contributed by atoms with Crippen molar-refractivity contribution < 1.29 is 4.79 Å². The number of rotatable bonds is 5. The minimum atomic E-state index is -0.0935. The summed E-state index contributed by atoms with van der Waals surface area (Å²) in [5.74, 6) is 0.493. The normalized spacial score (nSPS) is 11.0. The van der Waals surface area contributed by atoms with Crippen molar-refractivity contribution in [2.24, 2.45) is 0 Å². The average Bonchev–Trinajstić information content (AvgIpc) is 2.86. The van der Waals surface area contributed by atoms with Gasteiger partial charge in [-0.25, -0.2) is 4.98 Å². The molecule has 0 aliphatic heterocycles. The Morgan fingerprint density at radius 3 is 2.71 bits per heavy atom. The predicted molar refractivity (Wildman–Crippen MR) is 102 cm³/mol. The average molecular weight is 407 g/mol. The van der Waals surface area contributed by atoms with Gasteiger partial charge in [0.1, 0.15) is 0 Å². The maximum absolute atomic E-state index is 12.4. The number of carbonyl (C=O) groups is 1. The van der Waals surface area contributed by atoms with Crippen LogP contribution < -0.4 is 5.32 Å². The van der Waals surface area contributed by atoms with Crippen LogP contribution in [0.3, 0.4) is 0 Å². The number of aromatic nitrogens is 2. The van der Waals surface area contributed by atoms with Crippen molar-refractivity contribution in [2.75, 3.05) is 5.32 Å². The van der Waals surface area contributed by atoms with Crippen LogP contribution >= 0.6 is 27.5 Å². The van der Waals surface area contributed by atoms with Crippen LogP contribution in [0.25, 0.3) is 11.0 Å². The highest BCUT2D eigenvalue weighted by Gasteiger charge is 2.13. The van der Waals surface area contributed by atoms with Crippen LogP contribution in [-0.4, -0.2) is 15.5 Å². The molecular weight excluding hydrogens is 390 g/mol. The van der Waals surface area contributed by atoms with Crippen molar-refractivity contribution in [3.8, 4) is 0 Å². The van der Waals surface area contributed by atoms with Gasteiger partial charge < -0.3 is 4.57 Å². The molecule has 6 heteroatoms. The lowest BCUT2D eigenvalue weighted by molar-refractivity contribution is -0.115. The van der Waals surface area contributed by atoms with Gasteiger partial charge in [0.2, 0.25) is 11.9 Å². The molecule has 1 heterocycles. The monoisotopic (exact) mass is 405 g/mol. The van der Waals surface area contributed by atoms with Crippen molar-refractivity contribution in [2.45, 2.75) is 26.3 Å². The molecule has 1 aromatic heterocycles. The van der Waals surface area contributed by atoms with Gasteiger partial charge in [-0.05, 0) is 42.3 Å². The third kappa shape index (κ3) is 3.79. The lowest BCUT2D eigenvalue weighted by Gasteiger charge is -2.09. The van der Waals surface area contributed by atoms with E-state index < -0.39 is 0 Å². The van der Waals surface area contributed by atoms with E-state index in [0.717, 1.165) is 34.0 Å². The molecule has 0 aliphatic rings. The maximum Gasteiger partial charge on any atom is 0.231 e. The van der Waals surface area contributed by atoms with Gasteiger partial charge in [-0.15, -0.1) is 0 Å². The number of amides is 1. The summed E-state index contributed by atoms with van der Waals surface area (Å²) in [5.41, 5.74) is 2.79. The Bertz CT molecular complexity index is 874. The van der Waals surface area contributed by atoms with Crippen molar-refractivity contribution in [3.63, 3.8) is 0 Å². The number of anilines is 1. The molecule has 124 valence electrons. The SMILES string of the molecule is CCCn1c(NC(=O)Cc2ccc(Cl)cc2)nc2cc(Br)ccc21. The highest BCUT2D eigenvalue weighted by atomic mass is 79.9. The Morgan fingerprint density at radius 1 is 1.25 bits per heavy atom. The third-order valence-electron chi connectivity index (χ3n) is 3.69. The van der Waals surface area contributed by atoms with Crippen molar-refractivity contribution in [3.05, 3.63) is 57.5 Å². The fourth-order valence-electron chi connectivity index (χ4n) is 2.60. The number of carbonyl (C=O) groups excluding carboxylic acids is 1. The molecule has 24 heavy (non-hydrogen) atoms. The summed E-state index contributed by atoms with van der Waals surface area (Å²) >= 11 is 9.33. The van der Waals surface area contributed by atoms with Gasteiger partial charge in [-0.1, -0.05) is 46.6 Å². The first kappa shape index (κ1) is 17.0. The molecule has 0 unspecified atom stereocenters. The fraction of sp³-hybridized carbons (Fsp3) is 0.222. The second-order valence-corrected chi connectivity index (χ2v) is 6.92. The predicted octanol–water partition coefficient (Wildman–Crippen LogP) is 5.04. The summed E-state index contributed by atoms with van der Waals surface area (Å²) in [6, 6.07) is 13.2. The summed E-state index contributed by atoms with van der Waals surface area (Å²) in [7, 11) is 0. The van der Waals surface area contributed by atoms with Crippen LogP contribution in [0.2, 0.25) is 5.02 Å². The lowest BCUT2D eigenvalue weighted by atomic mass is 10.1. The first-order valence-corrected chi connectivity index (χ1v) is 8.94. The minimum Gasteiger partial charge on any atom is -0.310 e. The molecule has 0 bridgehead atoms. The van der Waals surface area contributed by atoms with E-state index in [2.05, 4.69) is 33.2 Å². The van der Waals surface area contributed by atoms with E-state index in [0.29, 0.717) is 11.0 Å². The largest absolute Gasteiger partial charge is 0.310 e. The van der Waals surface area contributed by atoms with Crippen LogP contribution in [0.1, 0.15) is 18.9 Å². The van der Waals surface area contributed by atoms with Crippen LogP contribution in [0, 0.1) is 0 Å². The van der Waals surface area contributed by atoms with E-state index >= 15 is 0 Å². The van der Waals surface area contributed by atoms with Crippen LogP contribution in [0.5, 0.6) is 0 Å². The molecule has 3 aromatic rings. The van der Waals surface area contributed by atoms with Gasteiger partial charge >= 0.3 is 0 Å². The second-order valence-electron chi connectivity index (χ2n) is 5.57. The molecular formula is C18H17BrClN3O. The number of halogens is 2. The zero-order valence-corrected chi connectivity index (χ0v) is 15.6. The Morgan fingerprint density at radius 2 is 2.00 bits per heavy atom. The zero-order chi connectivity index (χ0) is 17.1.